The minimum absolute atomic E-state index is 0.277. The normalized spacial score (nSPS) is 11.5. The van der Waals surface area contributed by atoms with Crippen molar-refractivity contribution in [3.63, 3.8) is 0 Å². The van der Waals surface area contributed by atoms with Gasteiger partial charge in [0.05, 0.1) is 6.20 Å². The lowest BCUT2D eigenvalue weighted by Gasteiger charge is -2.06. The predicted octanol–water partition coefficient (Wildman–Crippen LogP) is 1.83. The fourth-order valence-electron chi connectivity index (χ4n) is 1.14. The monoisotopic (exact) mass is 243 g/mol. The molecule has 0 bridgehead atoms. The molecule has 0 aliphatic heterocycles. The highest BCUT2D eigenvalue weighted by molar-refractivity contribution is 5.34. The van der Waals surface area contributed by atoms with Crippen LogP contribution in [0.2, 0.25) is 0 Å². The third kappa shape index (κ3) is 2.92. The smallest absolute Gasteiger partial charge is 0.364 e. The molecule has 2 aromatic rings. The van der Waals surface area contributed by atoms with Crippen LogP contribution in [0.5, 0.6) is 0 Å². The molecule has 2 rings (SSSR count). The second kappa shape index (κ2) is 4.40. The lowest BCUT2D eigenvalue weighted by molar-refractivity contribution is -0.141. The Kier molecular flexibility index (Phi) is 2.94. The summed E-state index contributed by atoms with van der Waals surface area (Å²) in [5.41, 5.74) is -0.141. The van der Waals surface area contributed by atoms with E-state index in [1.54, 1.807) is 12.4 Å². The molecule has 17 heavy (non-hydrogen) atoms. The molecule has 2 heterocycles. The van der Waals surface area contributed by atoms with Crippen molar-refractivity contribution in [2.24, 2.45) is 0 Å². The van der Waals surface area contributed by atoms with E-state index in [9.17, 15) is 13.2 Å². The predicted molar refractivity (Wildman–Crippen MR) is 52.9 cm³/mol. The summed E-state index contributed by atoms with van der Waals surface area (Å²) in [7, 11) is 0. The van der Waals surface area contributed by atoms with Crippen LogP contribution in [-0.4, -0.2) is 20.4 Å². The third-order valence-corrected chi connectivity index (χ3v) is 1.98. The quantitative estimate of drug-likeness (QED) is 0.863. The lowest BCUT2D eigenvalue weighted by Crippen LogP contribution is -2.10. The van der Waals surface area contributed by atoms with Crippen molar-refractivity contribution in [1.82, 2.24) is 20.4 Å². The van der Waals surface area contributed by atoms with Crippen LogP contribution in [0.4, 0.5) is 19.0 Å². The zero-order valence-corrected chi connectivity index (χ0v) is 8.49. The van der Waals surface area contributed by atoms with Crippen LogP contribution in [0, 0.1) is 0 Å². The number of anilines is 1. The van der Waals surface area contributed by atoms with Crippen molar-refractivity contribution in [2.75, 3.05) is 5.32 Å². The Morgan fingerprint density at radius 2 is 2.06 bits per heavy atom. The van der Waals surface area contributed by atoms with Crippen molar-refractivity contribution >= 4 is 5.82 Å². The maximum absolute atomic E-state index is 12.2. The minimum Gasteiger partial charge on any atom is -0.364 e. The van der Waals surface area contributed by atoms with Gasteiger partial charge in [-0.1, -0.05) is 0 Å². The Balaban J connectivity index is 1.99. The second-order valence-corrected chi connectivity index (χ2v) is 3.26. The molecule has 0 aromatic carbocycles. The molecule has 90 valence electrons. The van der Waals surface area contributed by atoms with E-state index in [1.165, 1.54) is 6.07 Å². The maximum atomic E-state index is 12.2. The first-order chi connectivity index (χ1) is 8.05. The largest absolute Gasteiger partial charge is 0.435 e. The Morgan fingerprint density at radius 3 is 2.59 bits per heavy atom. The second-order valence-electron chi connectivity index (χ2n) is 3.26. The fraction of sp³-hybridized carbons (Fsp3) is 0.222. The van der Waals surface area contributed by atoms with E-state index in [2.05, 4.69) is 25.7 Å². The van der Waals surface area contributed by atoms with Gasteiger partial charge in [-0.05, 0) is 12.1 Å². The number of halogens is 3. The highest BCUT2D eigenvalue weighted by Gasteiger charge is 2.32. The van der Waals surface area contributed by atoms with Gasteiger partial charge in [0.25, 0.3) is 0 Å². The molecule has 2 N–H and O–H groups in total. The third-order valence-electron chi connectivity index (χ3n) is 1.98. The van der Waals surface area contributed by atoms with Gasteiger partial charge in [-0.25, -0.2) is 0 Å². The Hall–Kier alpha value is -2.12. The van der Waals surface area contributed by atoms with Crippen LogP contribution in [0.1, 0.15) is 11.3 Å². The number of aromatic amines is 1. The maximum Gasteiger partial charge on any atom is 0.435 e. The van der Waals surface area contributed by atoms with Gasteiger partial charge in [0.1, 0.15) is 5.82 Å². The Morgan fingerprint density at radius 1 is 1.24 bits per heavy atom. The molecule has 0 aliphatic carbocycles. The van der Waals surface area contributed by atoms with Crippen LogP contribution in [-0.2, 0) is 12.7 Å². The minimum atomic E-state index is -4.46. The number of hydrogen-bond acceptors (Lipinski definition) is 4. The summed E-state index contributed by atoms with van der Waals surface area (Å²) in [6.07, 6.45) is -1.19. The summed E-state index contributed by atoms with van der Waals surface area (Å²) in [4.78, 5) is 0. The number of H-pyrrole nitrogens is 1. The molecule has 0 aliphatic rings. The summed E-state index contributed by atoms with van der Waals surface area (Å²) in [6.45, 7) is 0.413. The highest BCUT2D eigenvalue weighted by Crippen LogP contribution is 2.27. The van der Waals surface area contributed by atoms with Crippen molar-refractivity contribution < 1.29 is 13.2 Å². The summed E-state index contributed by atoms with van der Waals surface area (Å²) in [5, 5.41) is 15.7. The van der Waals surface area contributed by atoms with Gasteiger partial charge in [-0.2, -0.15) is 18.3 Å². The highest BCUT2D eigenvalue weighted by atomic mass is 19.4. The van der Waals surface area contributed by atoms with Crippen LogP contribution in [0.15, 0.2) is 24.5 Å². The van der Waals surface area contributed by atoms with Crippen LogP contribution < -0.4 is 5.32 Å². The SMILES string of the molecule is FC(F)(F)c1ccc(NCc2cn[nH]c2)nn1. The molecule has 5 nitrogen and oxygen atoms in total. The molecular weight excluding hydrogens is 235 g/mol. The van der Waals surface area contributed by atoms with E-state index >= 15 is 0 Å². The van der Waals surface area contributed by atoms with Crippen molar-refractivity contribution in [1.29, 1.82) is 0 Å². The number of nitrogens with one attached hydrogen (secondary N) is 2. The number of hydrogen-bond donors (Lipinski definition) is 2. The summed E-state index contributed by atoms with van der Waals surface area (Å²) < 4.78 is 36.6. The van der Waals surface area contributed by atoms with E-state index < -0.39 is 11.9 Å². The number of aromatic nitrogens is 4. The van der Waals surface area contributed by atoms with Gasteiger partial charge < -0.3 is 5.32 Å². The van der Waals surface area contributed by atoms with Gasteiger partial charge in [0.15, 0.2) is 5.69 Å². The van der Waals surface area contributed by atoms with E-state index in [4.69, 9.17) is 0 Å². The molecule has 0 amide bonds. The number of nitrogens with zero attached hydrogens (tertiary/aromatic N) is 3. The molecule has 0 unspecified atom stereocenters. The molecule has 8 heteroatoms. The first-order valence-electron chi connectivity index (χ1n) is 4.68. The Labute approximate surface area is 94.1 Å². The molecule has 0 spiro atoms. The average molecular weight is 243 g/mol. The lowest BCUT2D eigenvalue weighted by atomic mass is 10.3. The first kappa shape index (κ1) is 11.4. The van der Waals surface area contributed by atoms with Gasteiger partial charge in [-0.3, -0.25) is 5.10 Å². The van der Waals surface area contributed by atoms with Crippen LogP contribution in [0.25, 0.3) is 0 Å². The van der Waals surface area contributed by atoms with Gasteiger partial charge in [-0.15, -0.1) is 10.2 Å². The van der Waals surface area contributed by atoms with E-state index in [0.717, 1.165) is 11.6 Å². The zero-order chi connectivity index (χ0) is 12.3. The average Bonchev–Trinajstić information content (AvgIpc) is 2.78. The van der Waals surface area contributed by atoms with Crippen LogP contribution in [0.3, 0.4) is 0 Å². The van der Waals surface area contributed by atoms with Gasteiger partial charge in [0, 0.05) is 18.3 Å². The van der Waals surface area contributed by atoms with Crippen molar-refractivity contribution in [2.45, 2.75) is 12.7 Å². The zero-order valence-electron chi connectivity index (χ0n) is 8.49. The van der Waals surface area contributed by atoms with Crippen molar-refractivity contribution in [3.05, 3.63) is 35.8 Å². The van der Waals surface area contributed by atoms with E-state index in [0.29, 0.717) is 6.54 Å². The molecule has 0 fully saturated rings. The molecule has 0 saturated heterocycles. The van der Waals surface area contributed by atoms with Crippen molar-refractivity contribution in [3.8, 4) is 0 Å². The molecule has 0 saturated carbocycles. The molecular formula is C9H8F3N5. The summed E-state index contributed by atoms with van der Waals surface area (Å²) in [5.74, 6) is 0.277. The fourth-order valence-corrected chi connectivity index (χ4v) is 1.14. The molecule has 0 radical (unpaired) electrons. The Bertz CT molecular complexity index is 462. The molecule has 2 aromatic heterocycles. The van der Waals surface area contributed by atoms with E-state index in [1.807, 2.05) is 0 Å². The van der Waals surface area contributed by atoms with E-state index in [-0.39, 0.29) is 5.82 Å². The topological polar surface area (TPSA) is 66.5 Å². The number of rotatable bonds is 3. The summed E-state index contributed by atoms with van der Waals surface area (Å²) in [6, 6.07) is 2.11. The van der Waals surface area contributed by atoms with Gasteiger partial charge >= 0.3 is 6.18 Å². The summed E-state index contributed by atoms with van der Waals surface area (Å²) >= 11 is 0. The first-order valence-corrected chi connectivity index (χ1v) is 4.68. The van der Waals surface area contributed by atoms with Gasteiger partial charge in [0.2, 0.25) is 0 Å². The molecule has 0 atom stereocenters. The van der Waals surface area contributed by atoms with Crippen LogP contribution >= 0.6 is 0 Å². The number of alkyl halides is 3. The standard InChI is InChI=1S/C9H8F3N5/c10-9(11,12)7-1-2-8(17-16-7)13-3-6-4-14-15-5-6/h1-2,4-5H,3H2,(H,13,17)(H,14,15).